The van der Waals surface area contributed by atoms with E-state index in [9.17, 15) is 14.0 Å². The van der Waals surface area contributed by atoms with Crippen molar-refractivity contribution in [2.75, 3.05) is 49.6 Å². The standard InChI is InChI=1S/C24H29FN6O3/c1-3-21(32)30-12-10-29(11-13-30)15-18-4-6-19(7-5-18)17(2)27-23-26-14-20-16-34-24(33)31(9-8-25)22(20)28-23/h3-7,14,17H,1,8-13,15-16H2,2H3,(H,26,27,28). The lowest BCUT2D eigenvalue weighted by Gasteiger charge is -2.34. The number of piperazine rings is 1. The number of carbonyl (C=O) groups excluding carboxylic acids is 2. The van der Waals surface area contributed by atoms with Gasteiger partial charge in [-0.2, -0.15) is 4.98 Å². The molecule has 2 amide bonds. The van der Waals surface area contributed by atoms with Gasteiger partial charge in [0.25, 0.3) is 0 Å². The third-order valence-electron chi connectivity index (χ3n) is 6.07. The van der Waals surface area contributed by atoms with Gasteiger partial charge in [0, 0.05) is 38.9 Å². The SMILES string of the molecule is C=CC(=O)N1CCN(Cc2ccc(C(C)Nc3ncc4c(n3)N(CCF)C(=O)OC4)cc2)CC1. The molecule has 9 nitrogen and oxygen atoms in total. The lowest BCUT2D eigenvalue weighted by molar-refractivity contribution is -0.127. The van der Waals surface area contributed by atoms with Crippen molar-refractivity contribution in [2.45, 2.75) is 26.1 Å². The Morgan fingerprint density at radius 3 is 2.68 bits per heavy atom. The van der Waals surface area contributed by atoms with Crippen LogP contribution >= 0.6 is 0 Å². The Kier molecular flexibility index (Phi) is 7.36. The average Bonchev–Trinajstić information content (AvgIpc) is 2.86. The predicted molar refractivity (Wildman–Crippen MR) is 126 cm³/mol. The van der Waals surface area contributed by atoms with Crippen LogP contribution in [0.15, 0.2) is 43.1 Å². The van der Waals surface area contributed by atoms with E-state index >= 15 is 0 Å². The van der Waals surface area contributed by atoms with Gasteiger partial charge >= 0.3 is 6.09 Å². The fourth-order valence-corrected chi connectivity index (χ4v) is 4.09. The number of benzene rings is 1. The van der Waals surface area contributed by atoms with Crippen LogP contribution in [0.25, 0.3) is 0 Å². The van der Waals surface area contributed by atoms with Crippen molar-refractivity contribution in [3.05, 3.63) is 59.8 Å². The van der Waals surface area contributed by atoms with Crippen LogP contribution in [0.4, 0.5) is 21.0 Å². The van der Waals surface area contributed by atoms with Crippen molar-refractivity contribution in [1.82, 2.24) is 19.8 Å². The molecule has 10 heteroatoms. The Labute approximate surface area is 198 Å². The zero-order valence-electron chi connectivity index (χ0n) is 19.2. The van der Waals surface area contributed by atoms with E-state index in [-0.39, 0.29) is 25.1 Å². The largest absolute Gasteiger partial charge is 0.444 e. The maximum Gasteiger partial charge on any atom is 0.415 e. The van der Waals surface area contributed by atoms with Gasteiger partial charge in [0.05, 0.1) is 18.2 Å². The summed E-state index contributed by atoms with van der Waals surface area (Å²) in [5, 5.41) is 3.26. The van der Waals surface area contributed by atoms with Crippen molar-refractivity contribution in [1.29, 1.82) is 0 Å². The fraction of sp³-hybridized carbons (Fsp3) is 0.417. The van der Waals surface area contributed by atoms with Crippen LogP contribution in [0.1, 0.15) is 29.7 Å². The molecule has 3 heterocycles. The molecule has 4 rings (SSSR count). The molecule has 0 spiro atoms. The minimum absolute atomic E-state index is 0.0107. The first-order valence-electron chi connectivity index (χ1n) is 11.3. The van der Waals surface area contributed by atoms with E-state index in [4.69, 9.17) is 4.74 Å². The topological polar surface area (TPSA) is 90.9 Å². The van der Waals surface area contributed by atoms with E-state index in [1.165, 1.54) is 16.5 Å². The molecule has 2 aliphatic heterocycles. The summed E-state index contributed by atoms with van der Waals surface area (Å²) in [7, 11) is 0. The molecule has 0 saturated carbocycles. The number of hydrogen-bond acceptors (Lipinski definition) is 7. The van der Waals surface area contributed by atoms with E-state index < -0.39 is 12.8 Å². The molecular formula is C24H29FN6O3. The van der Waals surface area contributed by atoms with Gasteiger partial charge in [-0.15, -0.1) is 0 Å². The average molecular weight is 469 g/mol. The Morgan fingerprint density at radius 2 is 2.00 bits per heavy atom. The summed E-state index contributed by atoms with van der Waals surface area (Å²) in [6.07, 6.45) is 2.36. The van der Waals surface area contributed by atoms with Gasteiger partial charge in [-0.3, -0.25) is 14.6 Å². The maximum absolute atomic E-state index is 12.9. The number of amides is 2. The molecule has 34 heavy (non-hydrogen) atoms. The lowest BCUT2D eigenvalue weighted by atomic mass is 10.1. The molecule has 1 N–H and O–H groups in total. The molecule has 2 aromatic rings. The number of hydrogen-bond donors (Lipinski definition) is 1. The summed E-state index contributed by atoms with van der Waals surface area (Å²) in [4.78, 5) is 37.8. The maximum atomic E-state index is 12.9. The highest BCUT2D eigenvalue weighted by Crippen LogP contribution is 2.26. The Bertz CT molecular complexity index is 1040. The molecular weight excluding hydrogens is 439 g/mol. The fourth-order valence-electron chi connectivity index (χ4n) is 4.09. The van der Waals surface area contributed by atoms with Crippen LogP contribution in [-0.2, 0) is 22.7 Å². The Balaban J connectivity index is 1.35. The highest BCUT2D eigenvalue weighted by Gasteiger charge is 2.28. The third kappa shape index (κ3) is 5.33. The highest BCUT2D eigenvalue weighted by atomic mass is 19.1. The molecule has 1 fully saturated rings. The summed E-state index contributed by atoms with van der Waals surface area (Å²) in [6.45, 7) is 8.75. The molecule has 0 radical (unpaired) electrons. The number of carbonyl (C=O) groups is 2. The second kappa shape index (κ2) is 10.6. The zero-order chi connectivity index (χ0) is 24.1. The van der Waals surface area contributed by atoms with Crippen LogP contribution in [0.5, 0.6) is 0 Å². The summed E-state index contributed by atoms with van der Waals surface area (Å²) in [5.41, 5.74) is 2.90. The molecule has 1 aromatic carbocycles. The normalized spacial score (nSPS) is 17.1. The number of rotatable bonds is 8. The molecule has 1 saturated heterocycles. The van der Waals surface area contributed by atoms with Crippen molar-refractivity contribution < 1.29 is 18.7 Å². The Morgan fingerprint density at radius 1 is 1.26 bits per heavy atom. The number of anilines is 2. The van der Waals surface area contributed by atoms with Crippen LogP contribution in [-0.4, -0.2) is 71.2 Å². The molecule has 180 valence electrons. The third-order valence-corrected chi connectivity index (χ3v) is 6.07. The first-order valence-corrected chi connectivity index (χ1v) is 11.3. The molecule has 1 aromatic heterocycles. The smallest absolute Gasteiger partial charge is 0.415 e. The minimum Gasteiger partial charge on any atom is -0.444 e. The van der Waals surface area contributed by atoms with Crippen LogP contribution in [0.3, 0.4) is 0 Å². The van der Waals surface area contributed by atoms with E-state index in [1.54, 1.807) is 6.20 Å². The van der Waals surface area contributed by atoms with E-state index in [0.29, 0.717) is 30.4 Å². The summed E-state index contributed by atoms with van der Waals surface area (Å²) >= 11 is 0. The molecule has 1 unspecified atom stereocenters. The van der Waals surface area contributed by atoms with Crippen molar-refractivity contribution in [3.63, 3.8) is 0 Å². The summed E-state index contributed by atoms with van der Waals surface area (Å²) in [6, 6.07) is 8.25. The zero-order valence-corrected chi connectivity index (χ0v) is 19.2. The summed E-state index contributed by atoms with van der Waals surface area (Å²) in [5.74, 6) is 0.730. The number of cyclic esters (lactones) is 1. The van der Waals surface area contributed by atoms with Gasteiger partial charge in [0.15, 0.2) is 0 Å². The van der Waals surface area contributed by atoms with Gasteiger partial charge < -0.3 is 15.0 Å². The second-order valence-corrected chi connectivity index (χ2v) is 8.35. The van der Waals surface area contributed by atoms with E-state index in [2.05, 4.69) is 51.0 Å². The quantitative estimate of drug-likeness (QED) is 0.596. The van der Waals surface area contributed by atoms with Crippen LogP contribution < -0.4 is 10.2 Å². The number of halogens is 1. The van der Waals surface area contributed by atoms with Gasteiger partial charge in [0.2, 0.25) is 11.9 Å². The molecule has 2 aliphatic rings. The monoisotopic (exact) mass is 468 g/mol. The number of nitrogens with one attached hydrogen (secondary N) is 1. The van der Waals surface area contributed by atoms with Crippen molar-refractivity contribution in [3.8, 4) is 0 Å². The first-order chi connectivity index (χ1) is 16.5. The first kappa shape index (κ1) is 23.6. The Hall–Kier alpha value is -3.53. The van der Waals surface area contributed by atoms with Crippen molar-refractivity contribution in [2.24, 2.45) is 0 Å². The second-order valence-electron chi connectivity index (χ2n) is 8.35. The number of fused-ring (bicyclic) bond motifs is 1. The molecule has 1 atom stereocenters. The van der Waals surface area contributed by atoms with Gasteiger partial charge in [-0.25, -0.2) is 14.2 Å². The minimum atomic E-state index is -0.688. The lowest BCUT2D eigenvalue weighted by Crippen LogP contribution is -2.47. The van der Waals surface area contributed by atoms with E-state index in [0.717, 1.165) is 25.2 Å². The molecule has 0 aliphatic carbocycles. The van der Waals surface area contributed by atoms with Gasteiger partial charge in [-0.1, -0.05) is 30.8 Å². The number of nitrogens with zero attached hydrogens (tertiary/aromatic N) is 5. The van der Waals surface area contributed by atoms with Crippen LogP contribution in [0.2, 0.25) is 0 Å². The van der Waals surface area contributed by atoms with Crippen molar-refractivity contribution >= 4 is 23.8 Å². The number of alkyl halides is 1. The van der Waals surface area contributed by atoms with Gasteiger partial charge in [0.1, 0.15) is 19.1 Å². The number of ether oxygens (including phenoxy) is 1. The van der Waals surface area contributed by atoms with Gasteiger partial charge in [-0.05, 0) is 24.1 Å². The summed E-state index contributed by atoms with van der Waals surface area (Å²) < 4.78 is 17.9. The molecule has 0 bridgehead atoms. The van der Waals surface area contributed by atoms with Crippen LogP contribution in [0, 0.1) is 0 Å². The highest BCUT2D eigenvalue weighted by molar-refractivity contribution is 5.89. The number of aromatic nitrogens is 2. The predicted octanol–water partition coefficient (Wildman–Crippen LogP) is 2.91. The van der Waals surface area contributed by atoms with E-state index in [1.807, 2.05) is 11.8 Å².